The second kappa shape index (κ2) is 6.00. The summed E-state index contributed by atoms with van der Waals surface area (Å²) >= 11 is 0. The number of benzene rings is 1. The molecule has 0 unspecified atom stereocenters. The average Bonchev–Trinajstić information content (AvgIpc) is 3.38. The molecule has 1 aromatic heterocycles. The number of hydrogen-bond acceptors (Lipinski definition) is 4. The van der Waals surface area contributed by atoms with Crippen LogP contribution in [-0.2, 0) is 4.74 Å². The smallest absolute Gasteiger partial charge is 0.289 e. The average molecular weight is 338 g/mol. The molecule has 25 heavy (non-hydrogen) atoms. The van der Waals surface area contributed by atoms with E-state index in [1.807, 2.05) is 4.90 Å². The van der Waals surface area contributed by atoms with Gasteiger partial charge in [0, 0.05) is 44.1 Å². The van der Waals surface area contributed by atoms with Crippen LogP contribution in [0.5, 0.6) is 0 Å². The van der Waals surface area contributed by atoms with Crippen molar-refractivity contribution in [3.8, 4) is 0 Å². The highest BCUT2D eigenvalue weighted by Crippen LogP contribution is 2.51. The van der Waals surface area contributed by atoms with E-state index in [2.05, 4.69) is 29.2 Å². The zero-order valence-electron chi connectivity index (χ0n) is 14.1. The molecule has 3 heterocycles. The number of hydrogen-bond donors (Lipinski definition) is 0. The highest BCUT2D eigenvalue weighted by atomic mass is 16.5. The van der Waals surface area contributed by atoms with E-state index in [1.54, 1.807) is 18.4 Å². The van der Waals surface area contributed by atoms with Crippen LogP contribution >= 0.6 is 0 Å². The molecule has 2 fully saturated rings. The van der Waals surface area contributed by atoms with Crippen LogP contribution < -0.4 is 0 Å². The van der Waals surface area contributed by atoms with E-state index < -0.39 is 0 Å². The molecular weight excluding hydrogens is 316 g/mol. The Balaban J connectivity index is 1.46. The van der Waals surface area contributed by atoms with Crippen molar-refractivity contribution >= 4 is 5.91 Å². The van der Waals surface area contributed by atoms with Gasteiger partial charge in [-0.25, -0.2) is 0 Å². The zero-order chi connectivity index (χ0) is 16.8. The van der Waals surface area contributed by atoms with Gasteiger partial charge >= 0.3 is 0 Å². The van der Waals surface area contributed by atoms with Crippen molar-refractivity contribution in [2.75, 3.05) is 39.4 Å². The summed E-state index contributed by atoms with van der Waals surface area (Å²) in [4.78, 5) is 17.3. The molecule has 5 rings (SSSR count). The van der Waals surface area contributed by atoms with Gasteiger partial charge in [-0.2, -0.15) is 0 Å². The minimum absolute atomic E-state index is 0.0117. The second-order valence-corrected chi connectivity index (χ2v) is 7.18. The van der Waals surface area contributed by atoms with E-state index in [0.717, 1.165) is 39.4 Å². The first-order valence-corrected chi connectivity index (χ1v) is 9.06. The Morgan fingerprint density at radius 3 is 2.56 bits per heavy atom. The fraction of sp³-hybridized carbons (Fsp3) is 0.450. The zero-order valence-corrected chi connectivity index (χ0v) is 14.1. The van der Waals surface area contributed by atoms with E-state index in [-0.39, 0.29) is 5.91 Å². The third-order valence-corrected chi connectivity index (χ3v) is 5.94. The van der Waals surface area contributed by atoms with Crippen LogP contribution in [0.4, 0.5) is 0 Å². The Morgan fingerprint density at radius 2 is 1.80 bits per heavy atom. The van der Waals surface area contributed by atoms with Gasteiger partial charge in [0.05, 0.1) is 19.5 Å². The van der Waals surface area contributed by atoms with Gasteiger partial charge in [0.2, 0.25) is 0 Å². The lowest BCUT2D eigenvalue weighted by Gasteiger charge is -2.36. The molecule has 1 amide bonds. The van der Waals surface area contributed by atoms with Crippen LogP contribution in [0.1, 0.15) is 33.6 Å². The summed E-state index contributed by atoms with van der Waals surface area (Å²) in [6.07, 6.45) is 1.57. The number of ether oxygens (including phenoxy) is 1. The fourth-order valence-corrected chi connectivity index (χ4v) is 4.87. The maximum atomic E-state index is 12.7. The predicted octanol–water partition coefficient (Wildman–Crippen LogP) is 2.52. The summed E-state index contributed by atoms with van der Waals surface area (Å²) in [5.41, 5.74) is 2.86. The van der Waals surface area contributed by atoms with Crippen LogP contribution in [0.15, 0.2) is 47.1 Å². The van der Waals surface area contributed by atoms with Crippen molar-refractivity contribution in [2.45, 2.75) is 12.0 Å². The molecule has 0 radical (unpaired) electrons. The Hall–Kier alpha value is -2.11. The summed E-state index contributed by atoms with van der Waals surface area (Å²) in [6, 6.07) is 12.7. The Morgan fingerprint density at radius 1 is 1.00 bits per heavy atom. The predicted molar refractivity (Wildman–Crippen MR) is 92.4 cm³/mol. The number of amides is 1. The van der Waals surface area contributed by atoms with Crippen molar-refractivity contribution < 1.29 is 13.9 Å². The molecule has 130 valence electrons. The molecule has 0 bridgehead atoms. The second-order valence-electron chi connectivity index (χ2n) is 7.18. The molecule has 2 saturated heterocycles. The normalized spacial score (nSPS) is 28.8. The third-order valence-electron chi connectivity index (χ3n) is 5.94. The van der Waals surface area contributed by atoms with Crippen LogP contribution in [0.25, 0.3) is 0 Å². The van der Waals surface area contributed by atoms with E-state index in [4.69, 9.17) is 9.15 Å². The van der Waals surface area contributed by atoms with Crippen LogP contribution in [-0.4, -0.2) is 55.1 Å². The summed E-state index contributed by atoms with van der Waals surface area (Å²) in [5.74, 6) is 1.33. The molecule has 5 heteroatoms. The number of morpholine rings is 1. The standard InChI is InChI=1S/C20H22N2O3/c23-20(18-6-3-9-25-18)22-12-16-14-4-1-2-5-15(14)19(17(16)13-22)21-7-10-24-11-8-21/h1-6,9,16-17,19H,7-8,10-13H2/t16-,17-,19-/m0/s1. The first kappa shape index (κ1) is 15.2. The van der Waals surface area contributed by atoms with Crippen molar-refractivity contribution in [3.05, 3.63) is 59.5 Å². The van der Waals surface area contributed by atoms with E-state index in [0.29, 0.717) is 23.6 Å². The molecule has 2 aliphatic heterocycles. The summed E-state index contributed by atoms with van der Waals surface area (Å²) in [7, 11) is 0. The van der Waals surface area contributed by atoms with Gasteiger partial charge in [-0.15, -0.1) is 0 Å². The van der Waals surface area contributed by atoms with Crippen molar-refractivity contribution in [2.24, 2.45) is 5.92 Å². The number of carbonyl (C=O) groups excluding carboxylic acids is 1. The number of nitrogens with zero attached hydrogens (tertiary/aromatic N) is 2. The molecule has 0 saturated carbocycles. The quantitative estimate of drug-likeness (QED) is 0.844. The Kier molecular flexibility index (Phi) is 3.64. The SMILES string of the molecule is O=C(c1ccco1)N1C[C@H]2[C@@H](C1)c1ccccc1[C@@H]2N1CCOCC1. The van der Waals surface area contributed by atoms with Gasteiger partial charge in [-0.05, 0) is 23.3 Å². The molecule has 1 aliphatic carbocycles. The molecule has 2 aromatic rings. The first-order chi connectivity index (χ1) is 12.3. The maximum Gasteiger partial charge on any atom is 0.289 e. The van der Waals surface area contributed by atoms with Gasteiger partial charge in [0.25, 0.3) is 5.91 Å². The highest BCUT2D eigenvalue weighted by molar-refractivity contribution is 5.91. The van der Waals surface area contributed by atoms with Crippen LogP contribution in [0, 0.1) is 5.92 Å². The van der Waals surface area contributed by atoms with Crippen molar-refractivity contribution in [1.29, 1.82) is 0 Å². The number of likely N-dealkylation sites (tertiary alicyclic amines) is 1. The Labute approximate surface area is 147 Å². The van der Waals surface area contributed by atoms with Gasteiger partial charge in [0.1, 0.15) is 0 Å². The van der Waals surface area contributed by atoms with E-state index in [9.17, 15) is 4.79 Å². The maximum absolute atomic E-state index is 12.7. The number of carbonyl (C=O) groups is 1. The molecule has 1 aromatic carbocycles. The number of furan rings is 1. The van der Waals surface area contributed by atoms with Crippen LogP contribution in [0.2, 0.25) is 0 Å². The number of rotatable bonds is 2. The lowest BCUT2D eigenvalue weighted by atomic mass is 9.93. The summed E-state index contributed by atoms with van der Waals surface area (Å²) < 4.78 is 10.9. The minimum Gasteiger partial charge on any atom is -0.459 e. The molecular formula is C20H22N2O3. The van der Waals surface area contributed by atoms with Gasteiger partial charge in [0.15, 0.2) is 5.76 Å². The van der Waals surface area contributed by atoms with E-state index >= 15 is 0 Å². The fourth-order valence-electron chi connectivity index (χ4n) is 4.87. The highest BCUT2D eigenvalue weighted by Gasteiger charge is 2.49. The van der Waals surface area contributed by atoms with E-state index in [1.165, 1.54) is 11.1 Å². The lowest BCUT2D eigenvalue weighted by molar-refractivity contribution is 0.00478. The molecule has 0 N–H and O–H groups in total. The molecule has 3 aliphatic rings. The van der Waals surface area contributed by atoms with Gasteiger partial charge < -0.3 is 14.1 Å². The van der Waals surface area contributed by atoms with Gasteiger partial charge in [-0.3, -0.25) is 9.69 Å². The monoisotopic (exact) mass is 338 g/mol. The number of fused-ring (bicyclic) bond motifs is 3. The molecule has 3 atom stereocenters. The largest absolute Gasteiger partial charge is 0.459 e. The van der Waals surface area contributed by atoms with Crippen LogP contribution in [0.3, 0.4) is 0 Å². The van der Waals surface area contributed by atoms with Crippen molar-refractivity contribution in [3.63, 3.8) is 0 Å². The third kappa shape index (κ3) is 2.41. The summed E-state index contributed by atoms with van der Waals surface area (Å²) in [6.45, 7) is 5.10. The first-order valence-electron chi connectivity index (χ1n) is 9.06. The molecule has 5 nitrogen and oxygen atoms in total. The lowest BCUT2D eigenvalue weighted by Crippen LogP contribution is -2.42. The minimum atomic E-state index is 0.0117. The van der Waals surface area contributed by atoms with Gasteiger partial charge in [-0.1, -0.05) is 24.3 Å². The summed E-state index contributed by atoms with van der Waals surface area (Å²) in [5, 5.41) is 0. The Bertz CT molecular complexity index is 767. The topological polar surface area (TPSA) is 45.9 Å². The molecule has 0 spiro atoms. The van der Waals surface area contributed by atoms with Crippen molar-refractivity contribution in [1.82, 2.24) is 9.80 Å².